The molecule has 0 bridgehead atoms. The summed E-state index contributed by atoms with van der Waals surface area (Å²) in [6, 6.07) is 2.50. The quantitative estimate of drug-likeness (QED) is 0.823. The lowest BCUT2D eigenvalue weighted by Gasteiger charge is -2.23. The summed E-state index contributed by atoms with van der Waals surface area (Å²) < 4.78 is 28.0. The van der Waals surface area contributed by atoms with Gasteiger partial charge in [0.05, 0.1) is 24.7 Å². The Morgan fingerprint density at radius 2 is 1.20 bits per heavy atom. The van der Waals surface area contributed by atoms with Gasteiger partial charge in [0, 0.05) is 45.0 Å². The second kappa shape index (κ2) is 4.70. The fraction of sp³-hybridized carbons (Fsp3) is 0.286. The molecule has 3 rings (SSSR count). The van der Waals surface area contributed by atoms with E-state index in [1.165, 1.54) is 0 Å². The van der Waals surface area contributed by atoms with Crippen LogP contribution >= 0.6 is 0 Å². The number of hydrogen-bond acceptors (Lipinski definition) is 4. The zero-order valence-electron chi connectivity index (χ0n) is 11.4. The van der Waals surface area contributed by atoms with Crippen LogP contribution in [0.15, 0.2) is 36.9 Å². The number of hydrogen-bond donors (Lipinski definition) is 0. The molecular weight excluding hydrogens is 262 g/mol. The van der Waals surface area contributed by atoms with Gasteiger partial charge in [-0.25, -0.2) is 8.78 Å². The Bertz CT molecular complexity index is 538. The predicted octanol–water partition coefficient (Wildman–Crippen LogP) is 2.33. The third-order valence-electron chi connectivity index (χ3n) is 3.39. The molecule has 0 atom stereocenters. The average Bonchev–Trinajstić information content (AvgIpc) is 2.99. The zero-order valence-corrected chi connectivity index (χ0v) is 11.4. The van der Waals surface area contributed by atoms with Crippen LogP contribution in [0.3, 0.4) is 0 Å². The van der Waals surface area contributed by atoms with Crippen LogP contribution in [-0.4, -0.2) is 37.2 Å². The second-order valence-electron chi connectivity index (χ2n) is 5.09. The monoisotopic (exact) mass is 278 g/mol. The van der Waals surface area contributed by atoms with Gasteiger partial charge in [0.1, 0.15) is 11.6 Å². The van der Waals surface area contributed by atoms with Crippen LogP contribution in [0.1, 0.15) is 0 Å². The van der Waals surface area contributed by atoms with Gasteiger partial charge in [-0.1, -0.05) is 0 Å². The first-order valence-electron chi connectivity index (χ1n) is 6.34. The SMILES string of the molecule is CN1C=CN(c2cc(N3C=CN(C)C3)c(F)cc2F)C1. The molecule has 4 nitrogen and oxygen atoms in total. The molecule has 0 radical (unpaired) electrons. The average molecular weight is 278 g/mol. The molecule has 0 saturated carbocycles. The van der Waals surface area contributed by atoms with E-state index in [1.807, 2.05) is 36.3 Å². The van der Waals surface area contributed by atoms with E-state index in [9.17, 15) is 8.78 Å². The van der Waals surface area contributed by atoms with Crippen LogP contribution in [0.5, 0.6) is 0 Å². The molecule has 0 spiro atoms. The van der Waals surface area contributed by atoms with Crippen LogP contribution in [0, 0.1) is 11.6 Å². The first kappa shape index (κ1) is 12.8. The first-order chi connectivity index (χ1) is 9.54. The lowest BCUT2D eigenvalue weighted by Crippen LogP contribution is -2.25. The fourth-order valence-electron chi connectivity index (χ4n) is 2.34. The lowest BCUT2D eigenvalue weighted by atomic mass is 10.2. The van der Waals surface area contributed by atoms with E-state index >= 15 is 0 Å². The van der Waals surface area contributed by atoms with E-state index in [4.69, 9.17) is 0 Å². The van der Waals surface area contributed by atoms with Gasteiger partial charge in [-0.15, -0.1) is 0 Å². The van der Waals surface area contributed by atoms with Crippen molar-refractivity contribution in [1.82, 2.24) is 9.80 Å². The minimum absolute atomic E-state index is 0.380. The maximum Gasteiger partial charge on any atom is 0.149 e. The third kappa shape index (κ3) is 2.17. The van der Waals surface area contributed by atoms with E-state index in [0.717, 1.165) is 6.07 Å². The van der Waals surface area contributed by atoms with Crippen LogP contribution < -0.4 is 9.80 Å². The van der Waals surface area contributed by atoms with Crippen LogP contribution in [-0.2, 0) is 0 Å². The van der Waals surface area contributed by atoms with E-state index in [0.29, 0.717) is 24.7 Å². The first-order valence-corrected chi connectivity index (χ1v) is 6.34. The van der Waals surface area contributed by atoms with Gasteiger partial charge in [0.2, 0.25) is 0 Å². The summed E-state index contributed by atoms with van der Waals surface area (Å²) in [5.41, 5.74) is 0.759. The molecule has 0 unspecified atom stereocenters. The summed E-state index contributed by atoms with van der Waals surface area (Å²) in [5, 5.41) is 0. The van der Waals surface area contributed by atoms with Gasteiger partial charge in [0.15, 0.2) is 0 Å². The number of anilines is 2. The minimum Gasteiger partial charge on any atom is -0.361 e. The molecule has 0 aliphatic carbocycles. The lowest BCUT2D eigenvalue weighted by molar-refractivity contribution is 0.488. The second-order valence-corrected chi connectivity index (χ2v) is 5.09. The van der Waals surface area contributed by atoms with Gasteiger partial charge < -0.3 is 19.6 Å². The van der Waals surface area contributed by atoms with Crippen molar-refractivity contribution in [1.29, 1.82) is 0 Å². The Morgan fingerprint density at radius 1 is 0.750 bits per heavy atom. The summed E-state index contributed by atoms with van der Waals surface area (Å²) in [5.74, 6) is -1.11. The molecule has 0 fully saturated rings. The van der Waals surface area contributed by atoms with Crippen molar-refractivity contribution < 1.29 is 8.78 Å². The summed E-state index contributed by atoms with van der Waals surface area (Å²) in [7, 11) is 3.80. The molecule has 2 aliphatic heterocycles. The molecule has 0 saturated heterocycles. The highest BCUT2D eigenvalue weighted by molar-refractivity contribution is 5.64. The zero-order chi connectivity index (χ0) is 14.3. The smallest absolute Gasteiger partial charge is 0.149 e. The highest BCUT2D eigenvalue weighted by Crippen LogP contribution is 2.31. The molecule has 0 aromatic heterocycles. The van der Waals surface area contributed by atoms with Gasteiger partial charge in [-0.3, -0.25) is 0 Å². The largest absolute Gasteiger partial charge is 0.361 e. The van der Waals surface area contributed by atoms with Gasteiger partial charge in [0.25, 0.3) is 0 Å². The Morgan fingerprint density at radius 3 is 1.55 bits per heavy atom. The molecule has 2 heterocycles. The van der Waals surface area contributed by atoms with E-state index in [2.05, 4.69) is 0 Å². The summed E-state index contributed by atoms with van der Waals surface area (Å²) in [4.78, 5) is 7.35. The minimum atomic E-state index is -0.553. The Kier molecular flexibility index (Phi) is 3.00. The molecule has 1 aromatic rings. The number of rotatable bonds is 2. The van der Waals surface area contributed by atoms with E-state index in [1.54, 1.807) is 28.3 Å². The Labute approximate surface area is 116 Å². The van der Waals surface area contributed by atoms with Crippen LogP contribution in [0.25, 0.3) is 0 Å². The van der Waals surface area contributed by atoms with E-state index in [-0.39, 0.29) is 0 Å². The standard InChI is InChI=1S/C14H16F2N4/c1-17-3-5-19(9-17)13-8-14(12(16)7-11(13)15)20-6-4-18(2)10-20/h3-8H,9-10H2,1-2H3. The summed E-state index contributed by atoms with van der Waals surface area (Å²) >= 11 is 0. The molecular formula is C14H16F2N4. The third-order valence-corrected chi connectivity index (χ3v) is 3.39. The van der Waals surface area contributed by atoms with Gasteiger partial charge in [-0.05, 0) is 6.07 Å². The van der Waals surface area contributed by atoms with Crippen molar-refractivity contribution in [2.45, 2.75) is 0 Å². The summed E-state index contributed by atoms with van der Waals surface area (Å²) in [6.07, 6.45) is 7.27. The highest BCUT2D eigenvalue weighted by Gasteiger charge is 2.21. The van der Waals surface area contributed by atoms with Crippen molar-refractivity contribution in [3.63, 3.8) is 0 Å². The maximum absolute atomic E-state index is 14.0. The van der Waals surface area contributed by atoms with E-state index < -0.39 is 11.6 Å². The topological polar surface area (TPSA) is 13.0 Å². The molecule has 0 N–H and O–H groups in total. The molecule has 2 aliphatic rings. The summed E-state index contributed by atoms with van der Waals surface area (Å²) in [6.45, 7) is 1.11. The van der Waals surface area contributed by atoms with Crippen molar-refractivity contribution >= 4 is 11.4 Å². The van der Waals surface area contributed by atoms with Gasteiger partial charge >= 0.3 is 0 Å². The van der Waals surface area contributed by atoms with Crippen LogP contribution in [0.2, 0.25) is 0 Å². The Hall–Kier alpha value is -2.24. The predicted molar refractivity (Wildman–Crippen MR) is 74.9 cm³/mol. The highest BCUT2D eigenvalue weighted by atomic mass is 19.1. The Balaban J connectivity index is 1.96. The molecule has 0 amide bonds. The molecule has 106 valence electrons. The number of nitrogens with zero attached hydrogens (tertiary/aromatic N) is 4. The van der Waals surface area contributed by atoms with Gasteiger partial charge in [-0.2, -0.15) is 0 Å². The number of halogens is 2. The molecule has 6 heteroatoms. The normalized spacial score (nSPS) is 17.8. The van der Waals surface area contributed by atoms with Crippen molar-refractivity contribution in [3.05, 3.63) is 48.6 Å². The van der Waals surface area contributed by atoms with Crippen molar-refractivity contribution in [3.8, 4) is 0 Å². The molecule has 20 heavy (non-hydrogen) atoms. The number of benzene rings is 1. The van der Waals surface area contributed by atoms with Crippen molar-refractivity contribution in [2.75, 3.05) is 37.2 Å². The van der Waals surface area contributed by atoms with Crippen LogP contribution in [0.4, 0.5) is 20.2 Å². The molecule has 1 aromatic carbocycles. The maximum atomic E-state index is 14.0. The fourth-order valence-corrected chi connectivity index (χ4v) is 2.34. The van der Waals surface area contributed by atoms with Crippen molar-refractivity contribution in [2.24, 2.45) is 0 Å².